The molecule has 0 aromatic rings. The predicted molar refractivity (Wildman–Crippen MR) is 73.6 cm³/mol. The highest BCUT2D eigenvalue weighted by Gasteiger charge is 2.35. The number of hydrogen-bond donors (Lipinski definition) is 2. The van der Waals surface area contributed by atoms with Crippen molar-refractivity contribution in [3.8, 4) is 0 Å². The van der Waals surface area contributed by atoms with Gasteiger partial charge in [0.25, 0.3) is 0 Å². The third-order valence-corrected chi connectivity index (χ3v) is 3.95. The Kier molecular flexibility index (Phi) is 4.13. The number of rotatable bonds is 2. The standard InChI is InChI=1S/C14H25N3O2/c1-14(2,3)15-8-13(19)17-7-6-11-10(9-17)4-5-12(18)16-11/h10-11,15H,4-9H2,1-3H3,(H,16,18). The average molecular weight is 267 g/mol. The lowest BCUT2D eigenvalue weighted by atomic mass is 9.85. The molecule has 2 aliphatic heterocycles. The van der Waals surface area contributed by atoms with E-state index in [0.29, 0.717) is 18.9 Å². The Morgan fingerprint density at radius 1 is 1.42 bits per heavy atom. The number of nitrogens with zero attached hydrogens (tertiary/aromatic N) is 1. The molecular formula is C14H25N3O2. The van der Waals surface area contributed by atoms with E-state index in [0.717, 1.165) is 25.9 Å². The van der Waals surface area contributed by atoms with Gasteiger partial charge in [-0.25, -0.2) is 0 Å². The molecule has 2 fully saturated rings. The fourth-order valence-electron chi connectivity index (χ4n) is 2.79. The van der Waals surface area contributed by atoms with Crippen molar-refractivity contribution in [3.63, 3.8) is 0 Å². The first-order chi connectivity index (χ1) is 8.85. The minimum absolute atomic E-state index is 0.0349. The zero-order chi connectivity index (χ0) is 14.0. The van der Waals surface area contributed by atoms with Gasteiger partial charge in [0, 0.05) is 31.1 Å². The largest absolute Gasteiger partial charge is 0.353 e. The number of hydrogen-bond acceptors (Lipinski definition) is 3. The molecule has 2 atom stereocenters. The monoisotopic (exact) mass is 267 g/mol. The van der Waals surface area contributed by atoms with Gasteiger partial charge in [-0.1, -0.05) is 0 Å². The van der Waals surface area contributed by atoms with Gasteiger partial charge < -0.3 is 15.5 Å². The van der Waals surface area contributed by atoms with Crippen LogP contribution >= 0.6 is 0 Å². The second-order valence-corrected chi connectivity index (χ2v) is 6.70. The molecule has 2 amide bonds. The van der Waals surface area contributed by atoms with Crippen LogP contribution in [0, 0.1) is 5.92 Å². The van der Waals surface area contributed by atoms with Crippen LogP contribution in [-0.4, -0.2) is 47.9 Å². The van der Waals surface area contributed by atoms with E-state index in [2.05, 4.69) is 31.4 Å². The third-order valence-electron chi connectivity index (χ3n) is 3.95. The molecule has 5 heteroatoms. The van der Waals surface area contributed by atoms with Crippen LogP contribution < -0.4 is 10.6 Å². The first-order valence-corrected chi connectivity index (χ1v) is 7.17. The van der Waals surface area contributed by atoms with E-state index in [9.17, 15) is 9.59 Å². The molecule has 0 spiro atoms. The number of piperidine rings is 2. The Labute approximate surface area is 115 Å². The maximum atomic E-state index is 12.2. The van der Waals surface area contributed by atoms with Gasteiger partial charge in [0.05, 0.1) is 6.54 Å². The Morgan fingerprint density at radius 3 is 2.84 bits per heavy atom. The quantitative estimate of drug-likeness (QED) is 0.766. The predicted octanol–water partition coefficient (Wildman–Crippen LogP) is 0.502. The Morgan fingerprint density at radius 2 is 2.16 bits per heavy atom. The van der Waals surface area contributed by atoms with Crippen molar-refractivity contribution in [3.05, 3.63) is 0 Å². The molecule has 2 rings (SSSR count). The minimum atomic E-state index is -0.0349. The molecule has 0 saturated carbocycles. The number of carbonyl (C=O) groups is 2. The molecule has 0 radical (unpaired) electrons. The lowest BCUT2D eigenvalue weighted by Gasteiger charge is -2.41. The van der Waals surface area contributed by atoms with Crippen molar-refractivity contribution in [2.45, 2.75) is 51.6 Å². The third kappa shape index (κ3) is 3.93. The topological polar surface area (TPSA) is 61.4 Å². The zero-order valence-electron chi connectivity index (χ0n) is 12.2. The average Bonchev–Trinajstić information content (AvgIpc) is 2.34. The summed E-state index contributed by atoms with van der Waals surface area (Å²) in [6.07, 6.45) is 2.40. The van der Waals surface area contributed by atoms with E-state index in [-0.39, 0.29) is 23.4 Å². The summed E-state index contributed by atoms with van der Waals surface area (Å²) in [6.45, 7) is 8.12. The van der Waals surface area contributed by atoms with Gasteiger partial charge in [-0.15, -0.1) is 0 Å². The highest BCUT2D eigenvalue weighted by atomic mass is 16.2. The molecule has 2 saturated heterocycles. The molecule has 0 bridgehead atoms. The summed E-state index contributed by atoms with van der Waals surface area (Å²) in [7, 11) is 0. The van der Waals surface area contributed by atoms with Crippen molar-refractivity contribution in [2.24, 2.45) is 5.92 Å². The van der Waals surface area contributed by atoms with Crippen LogP contribution in [0.2, 0.25) is 0 Å². The fraction of sp³-hybridized carbons (Fsp3) is 0.857. The first-order valence-electron chi connectivity index (χ1n) is 7.17. The van der Waals surface area contributed by atoms with Crippen molar-refractivity contribution < 1.29 is 9.59 Å². The number of fused-ring (bicyclic) bond motifs is 1. The van der Waals surface area contributed by atoms with Gasteiger partial charge in [-0.3, -0.25) is 9.59 Å². The number of carbonyl (C=O) groups excluding carboxylic acids is 2. The van der Waals surface area contributed by atoms with Crippen molar-refractivity contribution >= 4 is 11.8 Å². The second-order valence-electron chi connectivity index (χ2n) is 6.70. The Balaban J connectivity index is 1.83. The molecule has 2 aliphatic rings. The minimum Gasteiger partial charge on any atom is -0.353 e. The summed E-state index contributed by atoms with van der Waals surface area (Å²) in [5, 5.41) is 6.28. The summed E-state index contributed by atoms with van der Waals surface area (Å²) in [6, 6.07) is 0.279. The molecule has 2 heterocycles. The highest BCUT2D eigenvalue weighted by Crippen LogP contribution is 2.25. The number of amides is 2. The summed E-state index contributed by atoms with van der Waals surface area (Å²) in [5.74, 6) is 0.769. The summed E-state index contributed by atoms with van der Waals surface area (Å²) in [5.41, 5.74) is -0.0349. The highest BCUT2D eigenvalue weighted by molar-refractivity contribution is 5.79. The zero-order valence-corrected chi connectivity index (χ0v) is 12.2. The van der Waals surface area contributed by atoms with E-state index in [1.165, 1.54) is 0 Å². The molecule has 2 unspecified atom stereocenters. The summed E-state index contributed by atoms with van der Waals surface area (Å²) in [4.78, 5) is 25.4. The van der Waals surface area contributed by atoms with Gasteiger partial charge in [-0.05, 0) is 39.5 Å². The van der Waals surface area contributed by atoms with Crippen LogP contribution in [0.4, 0.5) is 0 Å². The SMILES string of the molecule is CC(C)(C)NCC(=O)N1CCC2NC(=O)CCC2C1. The van der Waals surface area contributed by atoms with Gasteiger partial charge in [0.15, 0.2) is 0 Å². The van der Waals surface area contributed by atoms with Gasteiger partial charge in [0.1, 0.15) is 0 Å². The summed E-state index contributed by atoms with van der Waals surface area (Å²) >= 11 is 0. The molecule has 19 heavy (non-hydrogen) atoms. The normalized spacial score (nSPS) is 27.7. The van der Waals surface area contributed by atoms with E-state index < -0.39 is 0 Å². The molecular weight excluding hydrogens is 242 g/mol. The number of likely N-dealkylation sites (tertiary alicyclic amines) is 1. The Bertz CT molecular complexity index is 362. The van der Waals surface area contributed by atoms with Crippen LogP contribution in [0.1, 0.15) is 40.0 Å². The van der Waals surface area contributed by atoms with Crippen LogP contribution in [0.5, 0.6) is 0 Å². The van der Waals surface area contributed by atoms with Gasteiger partial charge in [0.2, 0.25) is 11.8 Å². The Hall–Kier alpha value is -1.10. The molecule has 0 aromatic carbocycles. The first kappa shape index (κ1) is 14.3. The van der Waals surface area contributed by atoms with Crippen molar-refractivity contribution in [1.29, 1.82) is 0 Å². The van der Waals surface area contributed by atoms with E-state index in [1.807, 2.05) is 4.90 Å². The van der Waals surface area contributed by atoms with Crippen molar-refractivity contribution in [1.82, 2.24) is 15.5 Å². The van der Waals surface area contributed by atoms with E-state index >= 15 is 0 Å². The van der Waals surface area contributed by atoms with Crippen molar-refractivity contribution in [2.75, 3.05) is 19.6 Å². The lowest BCUT2D eigenvalue weighted by molar-refractivity contribution is -0.134. The van der Waals surface area contributed by atoms with E-state index in [1.54, 1.807) is 0 Å². The van der Waals surface area contributed by atoms with Crippen LogP contribution in [0.25, 0.3) is 0 Å². The molecule has 2 N–H and O–H groups in total. The maximum Gasteiger partial charge on any atom is 0.236 e. The molecule has 0 aromatic heterocycles. The number of nitrogens with one attached hydrogen (secondary N) is 2. The molecule has 5 nitrogen and oxygen atoms in total. The smallest absolute Gasteiger partial charge is 0.236 e. The van der Waals surface area contributed by atoms with Crippen LogP contribution in [-0.2, 0) is 9.59 Å². The maximum absolute atomic E-state index is 12.2. The van der Waals surface area contributed by atoms with Gasteiger partial charge >= 0.3 is 0 Å². The van der Waals surface area contributed by atoms with Crippen LogP contribution in [0.15, 0.2) is 0 Å². The summed E-state index contributed by atoms with van der Waals surface area (Å²) < 4.78 is 0. The van der Waals surface area contributed by atoms with Crippen LogP contribution in [0.3, 0.4) is 0 Å². The van der Waals surface area contributed by atoms with Gasteiger partial charge in [-0.2, -0.15) is 0 Å². The molecule has 0 aliphatic carbocycles. The van der Waals surface area contributed by atoms with E-state index in [4.69, 9.17) is 0 Å². The molecule has 108 valence electrons. The second kappa shape index (κ2) is 5.49. The lowest BCUT2D eigenvalue weighted by Crippen LogP contribution is -2.56. The fourth-order valence-corrected chi connectivity index (χ4v) is 2.79.